The van der Waals surface area contributed by atoms with Crippen LogP contribution in [-0.4, -0.2) is 86.2 Å². The summed E-state index contributed by atoms with van der Waals surface area (Å²) in [6.45, 7) is 12.5. The van der Waals surface area contributed by atoms with E-state index in [0.29, 0.717) is 13.0 Å². The Morgan fingerprint density at radius 3 is 2.19 bits per heavy atom. The molecule has 0 aliphatic carbocycles. The van der Waals surface area contributed by atoms with Crippen molar-refractivity contribution in [3.63, 3.8) is 0 Å². The first-order chi connectivity index (χ1) is 17.8. The number of fused-ring (bicyclic) bond motifs is 2. The van der Waals surface area contributed by atoms with Gasteiger partial charge in [-0.2, -0.15) is 0 Å². The number of hydrogen-bond donors (Lipinski definition) is 1. The molecule has 0 aromatic heterocycles. The maximum atomic E-state index is 11.9. The number of carbonyl (C=O) groups is 1. The van der Waals surface area contributed by atoms with Gasteiger partial charge >= 0.3 is 5.97 Å². The monoisotopic (exact) mass is 500 g/mol. The fourth-order valence-electron chi connectivity index (χ4n) is 5.37. The highest BCUT2D eigenvalue weighted by Crippen LogP contribution is 2.12. The standard InChI is InChI=1S/C30H52N4O2/c35-30(36-27-29-15-9-8-10-16-29)17-11-6-4-2-1-3-5-7-12-20-32-21-13-18-31-19-24-33-22-14-23-34(28-33)26-25-32/h8-10,15-16,31H,1-7,11-14,17-28H2. The van der Waals surface area contributed by atoms with Crippen LogP contribution in [0.1, 0.15) is 82.6 Å². The molecule has 2 fully saturated rings. The number of carbonyl (C=O) groups excluding carboxylic acids is 1. The van der Waals surface area contributed by atoms with Crippen LogP contribution in [0.15, 0.2) is 30.3 Å². The van der Waals surface area contributed by atoms with Crippen molar-refractivity contribution in [2.75, 3.05) is 65.6 Å². The number of unbranched alkanes of at least 4 members (excludes halogenated alkanes) is 8. The Bertz CT molecular complexity index is 687. The topological polar surface area (TPSA) is 48.1 Å². The highest BCUT2D eigenvalue weighted by molar-refractivity contribution is 5.69. The van der Waals surface area contributed by atoms with Crippen molar-refractivity contribution in [3.05, 3.63) is 35.9 Å². The van der Waals surface area contributed by atoms with Gasteiger partial charge in [-0.1, -0.05) is 75.3 Å². The van der Waals surface area contributed by atoms with E-state index in [1.165, 1.54) is 104 Å². The number of esters is 1. The molecule has 204 valence electrons. The summed E-state index contributed by atoms with van der Waals surface area (Å²) in [7, 11) is 0. The van der Waals surface area contributed by atoms with Crippen LogP contribution in [0, 0.1) is 0 Å². The molecule has 1 aromatic carbocycles. The van der Waals surface area contributed by atoms with Crippen molar-refractivity contribution < 1.29 is 9.53 Å². The first kappa shape index (κ1) is 29.1. The predicted molar refractivity (Wildman–Crippen MR) is 149 cm³/mol. The molecular weight excluding hydrogens is 448 g/mol. The van der Waals surface area contributed by atoms with E-state index in [-0.39, 0.29) is 5.97 Å². The Kier molecular flexibility index (Phi) is 15.1. The minimum atomic E-state index is -0.0646. The largest absolute Gasteiger partial charge is 0.461 e. The Balaban J connectivity index is 1.13. The Hall–Kier alpha value is -1.47. The summed E-state index contributed by atoms with van der Waals surface area (Å²) in [5.41, 5.74) is 1.06. The van der Waals surface area contributed by atoms with Crippen LogP contribution < -0.4 is 5.32 Å². The number of rotatable bonds is 14. The third kappa shape index (κ3) is 13.2. The van der Waals surface area contributed by atoms with E-state index >= 15 is 0 Å². The molecular formula is C30H52N4O2. The van der Waals surface area contributed by atoms with Crippen molar-refractivity contribution >= 4 is 5.97 Å². The number of nitrogens with one attached hydrogen (secondary N) is 1. The van der Waals surface area contributed by atoms with Gasteiger partial charge in [0.05, 0.1) is 6.67 Å². The fourth-order valence-corrected chi connectivity index (χ4v) is 5.37. The number of hydrogen-bond acceptors (Lipinski definition) is 6. The Labute approximate surface area is 220 Å². The smallest absolute Gasteiger partial charge is 0.306 e. The molecule has 2 atom stereocenters. The van der Waals surface area contributed by atoms with E-state index in [1.54, 1.807) is 0 Å². The molecule has 2 aliphatic rings. The molecule has 2 unspecified atom stereocenters. The molecule has 36 heavy (non-hydrogen) atoms. The zero-order chi connectivity index (χ0) is 25.1. The van der Waals surface area contributed by atoms with Gasteiger partial charge in [0.15, 0.2) is 0 Å². The second kappa shape index (κ2) is 18.7. The molecule has 1 aromatic rings. The predicted octanol–water partition coefficient (Wildman–Crippen LogP) is 4.89. The highest BCUT2D eigenvalue weighted by atomic mass is 16.5. The van der Waals surface area contributed by atoms with E-state index in [2.05, 4.69) is 20.0 Å². The van der Waals surface area contributed by atoms with Crippen LogP contribution in [0.4, 0.5) is 0 Å². The average Bonchev–Trinajstić information content (AvgIpc) is 2.90. The maximum absolute atomic E-state index is 11.9. The van der Waals surface area contributed by atoms with E-state index in [4.69, 9.17) is 4.74 Å². The first-order valence-corrected chi connectivity index (χ1v) is 14.9. The third-order valence-corrected chi connectivity index (χ3v) is 7.61. The number of benzene rings is 1. The molecule has 2 bridgehead atoms. The van der Waals surface area contributed by atoms with Crippen molar-refractivity contribution in [2.24, 2.45) is 0 Å². The van der Waals surface area contributed by atoms with Crippen LogP contribution >= 0.6 is 0 Å². The first-order valence-electron chi connectivity index (χ1n) is 14.9. The van der Waals surface area contributed by atoms with Gasteiger partial charge in [-0.3, -0.25) is 14.6 Å². The van der Waals surface area contributed by atoms with E-state index in [0.717, 1.165) is 38.2 Å². The van der Waals surface area contributed by atoms with Gasteiger partial charge in [-0.15, -0.1) is 0 Å². The fraction of sp³-hybridized carbons (Fsp3) is 0.767. The van der Waals surface area contributed by atoms with Gasteiger partial charge in [0, 0.05) is 45.7 Å². The molecule has 0 spiro atoms. The van der Waals surface area contributed by atoms with Crippen molar-refractivity contribution in [3.8, 4) is 0 Å². The van der Waals surface area contributed by atoms with Crippen molar-refractivity contribution in [2.45, 2.75) is 83.7 Å². The summed E-state index contributed by atoms with van der Waals surface area (Å²) in [5, 5.41) is 3.64. The molecule has 0 radical (unpaired) electrons. The molecule has 2 saturated heterocycles. The quantitative estimate of drug-likeness (QED) is 0.290. The summed E-state index contributed by atoms with van der Waals surface area (Å²) in [6, 6.07) is 9.91. The zero-order valence-electron chi connectivity index (χ0n) is 22.8. The Morgan fingerprint density at radius 2 is 1.42 bits per heavy atom. The van der Waals surface area contributed by atoms with E-state index in [9.17, 15) is 4.79 Å². The summed E-state index contributed by atoms with van der Waals surface area (Å²) in [5.74, 6) is -0.0646. The molecule has 0 saturated carbocycles. The van der Waals surface area contributed by atoms with Crippen LogP contribution in [-0.2, 0) is 16.1 Å². The van der Waals surface area contributed by atoms with E-state index < -0.39 is 0 Å². The normalized spacial score (nSPS) is 21.9. The summed E-state index contributed by atoms with van der Waals surface area (Å²) in [4.78, 5) is 19.9. The lowest BCUT2D eigenvalue weighted by Crippen LogP contribution is -2.49. The second-order valence-corrected chi connectivity index (χ2v) is 10.8. The molecule has 3 rings (SSSR count). The van der Waals surface area contributed by atoms with Crippen molar-refractivity contribution in [1.82, 2.24) is 20.0 Å². The summed E-state index contributed by atoms with van der Waals surface area (Å²) in [6.07, 6.45) is 14.5. The number of ether oxygens (including phenoxy) is 1. The van der Waals surface area contributed by atoms with Gasteiger partial charge < -0.3 is 15.0 Å². The van der Waals surface area contributed by atoms with E-state index in [1.807, 2.05) is 30.3 Å². The molecule has 2 heterocycles. The molecule has 6 heteroatoms. The zero-order valence-corrected chi connectivity index (χ0v) is 22.8. The molecule has 6 nitrogen and oxygen atoms in total. The molecule has 2 aliphatic heterocycles. The lowest BCUT2D eigenvalue weighted by Gasteiger charge is -2.37. The minimum absolute atomic E-state index is 0.0646. The molecule has 1 N–H and O–H groups in total. The number of nitrogens with zero attached hydrogens (tertiary/aromatic N) is 3. The van der Waals surface area contributed by atoms with Gasteiger partial charge in [0.2, 0.25) is 0 Å². The van der Waals surface area contributed by atoms with Crippen LogP contribution in [0.5, 0.6) is 0 Å². The Morgan fingerprint density at radius 1 is 0.722 bits per heavy atom. The van der Waals surface area contributed by atoms with Crippen molar-refractivity contribution in [1.29, 1.82) is 0 Å². The molecule has 0 amide bonds. The average molecular weight is 501 g/mol. The lowest BCUT2D eigenvalue weighted by molar-refractivity contribution is -0.145. The second-order valence-electron chi connectivity index (χ2n) is 10.8. The lowest BCUT2D eigenvalue weighted by atomic mass is 10.1. The van der Waals surface area contributed by atoms with Gasteiger partial charge in [0.1, 0.15) is 6.61 Å². The highest BCUT2D eigenvalue weighted by Gasteiger charge is 2.18. The van der Waals surface area contributed by atoms with Crippen LogP contribution in [0.25, 0.3) is 0 Å². The minimum Gasteiger partial charge on any atom is -0.461 e. The summed E-state index contributed by atoms with van der Waals surface area (Å²) >= 11 is 0. The maximum Gasteiger partial charge on any atom is 0.306 e. The van der Waals surface area contributed by atoms with Gasteiger partial charge in [-0.25, -0.2) is 0 Å². The van der Waals surface area contributed by atoms with Crippen LogP contribution in [0.3, 0.4) is 0 Å². The SMILES string of the molecule is O=C(CCCCCCCCCCCN1CCCNCCN2CCCN(CC1)C2)OCc1ccccc1. The third-order valence-electron chi connectivity index (χ3n) is 7.61. The van der Waals surface area contributed by atoms with Gasteiger partial charge in [0.25, 0.3) is 0 Å². The van der Waals surface area contributed by atoms with Crippen LogP contribution in [0.2, 0.25) is 0 Å². The summed E-state index contributed by atoms with van der Waals surface area (Å²) < 4.78 is 5.36. The van der Waals surface area contributed by atoms with Gasteiger partial charge in [-0.05, 0) is 50.9 Å².